The zero-order valence-electron chi connectivity index (χ0n) is 14.0. The molecule has 118 valence electrons. The second kappa shape index (κ2) is 5.42. The molecule has 5 rings (SSSR count). The Morgan fingerprint density at radius 1 is 0.600 bits per heavy atom. The van der Waals surface area contributed by atoms with E-state index in [-0.39, 0.29) is 0 Å². The Labute approximate surface area is 146 Å². The number of nitrogens with zero attached hydrogens (tertiary/aromatic N) is 1. The first kappa shape index (κ1) is 14.2. The first-order valence-electron chi connectivity index (χ1n) is 8.57. The zero-order valence-corrected chi connectivity index (χ0v) is 14.0. The van der Waals surface area contributed by atoms with Gasteiger partial charge in [0.05, 0.1) is 5.69 Å². The van der Waals surface area contributed by atoms with Crippen LogP contribution in [0.1, 0.15) is 5.56 Å². The van der Waals surface area contributed by atoms with Crippen molar-refractivity contribution in [2.75, 3.05) is 0 Å². The Morgan fingerprint density at radius 2 is 1.32 bits per heavy atom. The normalized spacial score (nSPS) is 11.4. The van der Waals surface area contributed by atoms with Gasteiger partial charge in [0.2, 0.25) is 0 Å². The lowest BCUT2D eigenvalue weighted by Crippen LogP contribution is -1.88. The first-order valence-corrected chi connectivity index (χ1v) is 8.57. The predicted molar refractivity (Wildman–Crippen MR) is 107 cm³/mol. The van der Waals surface area contributed by atoms with Gasteiger partial charge in [0.25, 0.3) is 0 Å². The third-order valence-electron chi connectivity index (χ3n) is 4.99. The summed E-state index contributed by atoms with van der Waals surface area (Å²) in [4.78, 5) is 4.73. The van der Waals surface area contributed by atoms with E-state index < -0.39 is 0 Å². The summed E-state index contributed by atoms with van der Waals surface area (Å²) in [7, 11) is 0. The maximum Gasteiger partial charge on any atom is 0.0708 e. The molecule has 0 N–H and O–H groups in total. The number of pyridine rings is 1. The highest BCUT2D eigenvalue weighted by Crippen LogP contribution is 2.31. The standard InChI is InChI=1S/C24H17N/c1-16-12-20(13-18-7-3-4-8-21(16)18)24-14-23-19(15-25-24)11-10-17-6-2-5-9-22(17)23/h2-15H,1H3. The molecule has 25 heavy (non-hydrogen) atoms. The van der Waals surface area contributed by atoms with Crippen LogP contribution in [0.4, 0.5) is 0 Å². The molecule has 0 saturated heterocycles. The second-order valence-electron chi connectivity index (χ2n) is 6.59. The number of hydrogen-bond acceptors (Lipinski definition) is 1. The zero-order chi connectivity index (χ0) is 16.8. The largest absolute Gasteiger partial charge is 0.256 e. The fourth-order valence-corrected chi connectivity index (χ4v) is 3.71. The van der Waals surface area contributed by atoms with Crippen LogP contribution in [0.2, 0.25) is 0 Å². The van der Waals surface area contributed by atoms with E-state index in [9.17, 15) is 0 Å². The molecule has 0 aliphatic heterocycles. The van der Waals surface area contributed by atoms with Crippen LogP contribution in [-0.2, 0) is 0 Å². The third-order valence-corrected chi connectivity index (χ3v) is 4.99. The molecule has 0 radical (unpaired) electrons. The SMILES string of the molecule is Cc1cc(-c2cc3c(ccc4ccccc43)cn2)cc2ccccc12. The van der Waals surface area contributed by atoms with Crippen LogP contribution in [0.5, 0.6) is 0 Å². The van der Waals surface area contributed by atoms with Crippen molar-refractivity contribution in [1.29, 1.82) is 0 Å². The van der Waals surface area contributed by atoms with Crippen LogP contribution in [0.15, 0.2) is 85.1 Å². The highest BCUT2D eigenvalue weighted by molar-refractivity contribution is 6.08. The van der Waals surface area contributed by atoms with Crippen molar-refractivity contribution < 1.29 is 0 Å². The van der Waals surface area contributed by atoms with E-state index in [4.69, 9.17) is 4.98 Å². The van der Waals surface area contributed by atoms with Crippen molar-refractivity contribution >= 4 is 32.3 Å². The average Bonchev–Trinajstić information content (AvgIpc) is 2.67. The van der Waals surface area contributed by atoms with Crippen LogP contribution in [0.25, 0.3) is 43.6 Å². The Kier molecular flexibility index (Phi) is 3.07. The molecule has 0 spiro atoms. The molecule has 1 heteroatoms. The molecular weight excluding hydrogens is 302 g/mol. The van der Waals surface area contributed by atoms with Gasteiger partial charge >= 0.3 is 0 Å². The molecule has 0 aliphatic rings. The van der Waals surface area contributed by atoms with Gasteiger partial charge in [0.15, 0.2) is 0 Å². The van der Waals surface area contributed by atoms with E-state index in [1.807, 2.05) is 6.20 Å². The lowest BCUT2D eigenvalue weighted by Gasteiger charge is -2.09. The molecule has 0 fully saturated rings. The Hall–Kier alpha value is -3.19. The van der Waals surface area contributed by atoms with Crippen LogP contribution < -0.4 is 0 Å². The van der Waals surface area contributed by atoms with Gasteiger partial charge in [-0.05, 0) is 57.6 Å². The van der Waals surface area contributed by atoms with Gasteiger partial charge in [-0.2, -0.15) is 0 Å². The van der Waals surface area contributed by atoms with Crippen molar-refractivity contribution in [3.63, 3.8) is 0 Å². The predicted octanol–water partition coefficient (Wildman–Crippen LogP) is 6.52. The van der Waals surface area contributed by atoms with E-state index in [0.717, 1.165) is 5.69 Å². The minimum absolute atomic E-state index is 1.03. The molecule has 0 aliphatic carbocycles. The summed E-state index contributed by atoms with van der Waals surface area (Å²) in [5, 5.41) is 7.55. The number of aromatic nitrogens is 1. The summed E-state index contributed by atoms with van der Waals surface area (Å²) in [6, 6.07) is 28.1. The maximum absolute atomic E-state index is 4.73. The molecular formula is C24H17N. The quantitative estimate of drug-likeness (QED) is 0.321. The van der Waals surface area contributed by atoms with E-state index in [0.29, 0.717) is 0 Å². The van der Waals surface area contributed by atoms with Crippen LogP contribution in [0, 0.1) is 6.92 Å². The smallest absolute Gasteiger partial charge is 0.0708 e. The number of hydrogen-bond donors (Lipinski definition) is 0. The number of benzene rings is 4. The summed E-state index contributed by atoms with van der Waals surface area (Å²) < 4.78 is 0. The van der Waals surface area contributed by atoms with E-state index in [1.54, 1.807) is 0 Å². The van der Waals surface area contributed by atoms with Crippen LogP contribution >= 0.6 is 0 Å². The monoisotopic (exact) mass is 319 g/mol. The molecule has 1 nitrogen and oxygen atoms in total. The van der Waals surface area contributed by atoms with E-state index in [1.165, 1.54) is 43.4 Å². The molecule has 0 amide bonds. The van der Waals surface area contributed by atoms with Gasteiger partial charge in [-0.1, -0.05) is 60.7 Å². The van der Waals surface area contributed by atoms with Crippen molar-refractivity contribution in [3.8, 4) is 11.3 Å². The Balaban J connectivity index is 1.79. The van der Waals surface area contributed by atoms with Crippen molar-refractivity contribution in [3.05, 3.63) is 90.6 Å². The topological polar surface area (TPSA) is 12.9 Å². The molecule has 0 unspecified atom stereocenters. The molecule has 0 atom stereocenters. The summed E-state index contributed by atoms with van der Waals surface area (Å²) in [6.07, 6.45) is 1.99. The maximum atomic E-state index is 4.73. The van der Waals surface area contributed by atoms with Crippen molar-refractivity contribution in [2.24, 2.45) is 0 Å². The summed E-state index contributed by atoms with van der Waals surface area (Å²) in [5.74, 6) is 0. The number of aryl methyl sites for hydroxylation is 1. The van der Waals surface area contributed by atoms with Crippen molar-refractivity contribution in [1.82, 2.24) is 4.98 Å². The third kappa shape index (κ3) is 2.28. The van der Waals surface area contributed by atoms with Gasteiger partial charge < -0.3 is 0 Å². The minimum atomic E-state index is 1.03. The Morgan fingerprint density at radius 3 is 2.20 bits per heavy atom. The average molecular weight is 319 g/mol. The lowest BCUT2D eigenvalue weighted by molar-refractivity contribution is 1.35. The summed E-state index contributed by atoms with van der Waals surface area (Å²) in [5.41, 5.74) is 3.48. The summed E-state index contributed by atoms with van der Waals surface area (Å²) in [6.45, 7) is 2.17. The first-order chi connectivity index (χ1) is 12.3. The van der Waals surface area contributed by atoms with Gasteiger partial charge in [-0.3, -0.25) is 4.98 Å². The van der Waals surface area contributed by atoms with E-state index >= 15 is 0 Å². The second-order valence-corrected chi connectivity index (χ2v) is 6.59. The molecule has 0 saturated carbocycles. The molecule has 5 aromatic rings. The van der Waals surface area contributed by atoms with Gasteiger partial charge in [0, 0.05) is 17.1 Å². The minimum Gasteiger partial charge on any atom is -0.256 e. The molecule has 1 aromatic heterocycles. The fourth-order valence-electron chi connectivity index (χ4n) is 3.71. The van der Waals surface area contributed by atoms with Gasteiger partial charge in [-0.15, -0.1) is 0 Å². The van der Waals surface area contributed by atoms with Gasteiger partial charge in [-0.25, -0.2) is 0 Å². The fraction of sp³-hybridized carbons (Fsp3) is 0.0417. The van der Waals surface area contributed by atoms with Crippen LogP contribution in [0.3, 0.4) is 0 Å². The molecule has 4 aromatic carbocycles. The number of rotatable bonds is 1. The molecule has 1 heterocycles. The van der Waals surface area contributed by atoms with Gasteiger partial charge in [0.1, 0.15) is 0 Å². The Bertz CT molecular complexity index is 1250. The summed E-state index contributed by atoms with van der Waals surface area (Å²) >= 11 is 0. The lowest BCUT2D eigenvalue weighted by atomic mass is 9.98. The van der Waals surface area contributed by atoms with Crippen molar-refractivity contribution in [2.45, 2.75) is 6.92 Å². The highest BCUT2D eigenvalue weighted by Gasteiger charge is 2.07. The number of fused-ring (bicyclic) bond motifs is 4. The van der Waals surface area contributed by atoms with Crippen LogP contribution in [-0.4, -0.2) is 4.98 Å². The highest BCUT2D eigenvalue weighted by atomic mass is 14.7. The molecule has 0 bridgehead atoms. The van der Waals surface area contributed by atoms with E-state index in [2.05, 4.69) is 85.8 Å².